The van der Waals surface area contributed by atoms with Gasteiger partial charge in [0, 0.05) is 6.04 Å². The van der Waals surface area contributed by atoms with Gasteiger partial charge in [0.2, 0.25) is 0 Å². The minimum absolute atomic E-state index is 0.200. The Kier molecular flexibility index (Phi) is 2.10. The van der Waals surface area contributed by atoms with Crippen LogP contribution in [0.2, 0.25) is 0 Å². The number of hydrogen-bond acceptors (Lipinski definition) is 3. The van der Waals surface area contributed by atoms with Crippen LogP contribution in [0.1, 0.15) is 18.0 Å². The molecule has 2 N–H and O–H groups in total. The van der Waals surface area contributed by atoms with Crippen LogP contribution < -0.4 is 10.1 Å². The van der Waals surface area contributed by atoms with Crippen LogP contribution >= 0.6 is 0 Å². The number of phenolic OH excluding ortho intramolecular Hbond substituents is 1. The van der Waals surface area contributed by atoms with Crippen LogP contribution in [0, 0.1) is 0 Å². The van der Waals surface area contributed by atoms with Gasteiger partial charge in [-0.25, -0.2) is 0 Å². The Hall–Kier alpha value is -1.22. The van der Waals surface area contributed by atoms with Crippen molar-refractivity contribution in [1.82, 2.24) is 5.32 Å². The van der Waals surface area contributed by atoms with Crippen LogP contribution in [0.25, 0.3) is 0 Å². The Balaban J connectivity index is 2.26. The van der Waals surface area contributed by atoms with Crippen LogP contribution in [-0.4, -0.2) is 18.8 Å². The highest BCUT2D eigenvalue weighted by Crippen LogP contribution is 2.31. The van der Waals surface area contributed by atoms with E-state index < -0.39 is 0 Å². The van der Waals surface area contributed by atoms with Crippen molar-refractivity contribution in [3.05, 3.63) is 23.8 Å². The first-order chi connectivity index (χ1) is 6.31. The Labute approximate surface area is 77.3 Å². The van der Waals surface area contributed by atoms with E-state index in [2.05, 4.69) is 5.32 Å². The zero-order valence-electron chi connectivity index (χ0n) is 7.58. The predicted octanol–water partition coefficient (Wildman–Crippen LogP) is 1.44. The van der Waals surface area contributed by atoms with E-state index in [-0.39, 0.29) is 5.75 Å². The molecule has 0 saturated carbocycles. The SMILES string of the molecule is COc1cc([C@H]2CCN2)ccc1O. The largest absolute Gasteiger partial charge is 0.504 e. The summed E-state index contributed by atoms with van der Waals surface area (Å²) in [5, 5.41) is 12.7. The number of methoxy groups -OCH3 is 1. The van der Waals surface area contributed by atoms with Gasteiger partial charge in [0.15, 0.2) is 11.5 Å². The average molecular weight is 179 g/mol. The number of nitrogens with one attached hydrogen (secondary N) is 1. The molecule has 1 aliphatic rings. The topological polar surface area (TPSA) is 41.5 Å². The van der Waals surface area contributed by atoms with E-state index in [9.17, 15) is 5.11 Å². The number of benzene rings is 1. The van der Waals surface area contributed by atoms with Gasteiger partial charge in [0.25, 0.3) is 0 Å². The molecule has 2 rings (SSSR count). The standard InChI is InChI=1S/C10H13NO2/c1-13-10-6-7(2-3-9(10)12)8-4-5-11-8/h2-3,6,8,11-12H,4-5H2,1H3/t8-/m1/s1. The molecule has 70 valence electrons. The molecule has 0 amide bonds. The fraction of sp³-hybridized carbons (Fsp3) is 0.400. The van der Waals surface area contributed by atoms with Gasteiger partial charge in [0.1, 0.15) is 0 Å². The van der Waals surface area contributed by atoms with Crippen molar-refractivity contribution < 1.29 is 9.84 Å². The van der Waals surface area contributed by atoms with Gasteiger partial charge in [-0.15, -0.1) is 0 Å². The number of phenols is 1. The fourth-order valence-electron chi connectivity index (χ4n) is 1.48. The highest BCUT2D eigenvalue weighted by Gasteiger charge is 2.19. The zero-order valence-corrected chi connectivity index (χ0v) is 7.58. The Morgan fingerprint density at radius 2 is 2.31 bits per heavy atom. The minimum Gasteiger partial charge on any atom is -0.504 e. The fourth-order valence-corrected chi connectivity index (χ4v) is 1.48. The molecule has 1 aromatic rings. The summed E-state index contributed by atoms with van der Waals surface area (Å²) in [5.74, 6) is 0.747. The van der Waals surface area contributed by atoms with Crippen molar-refractivity contribution in [3.8, 4) is 11.5 Å². The Morgan fingerprint density at radius 3 is 2.85 bits per heavy atom. The molecule has 1 saturated heterocycles. The molecule has 1 fully saturated rings. The molecule has 3 heteroatoms. The summed E-state index contributed by atoms with van der Waals surface area (Å²) in [7, 11) is 1.56. The van der Waals surface area contributed by atoms with Gasteiger partial charge < -0.3 is 15.2 Å². The second-order valence-corrected chi connectivity index (χ2v) is 3.23. The maximum absolute atomic E-state index is 9.36. The molecular weight excluding hydrogens is 166 g/mol. The van der Waals surface area contributed by atoms with Crippen LogP contribution in [0.15, 0.2) is 18.2 Å². The summed E-state index contributed by atoms with van der Waals surface area (Å²) in [6.45, 7) is 1.08. The summed E-state index contributed by atoms with van der Waals surface area (Å²) in [4.78, 5) is 0. The third-order valence-corrected chi connectivity index (χ3v) is 2.43. The second kappa shape index (κ2) is 3.26. The van der Waals surface area contributed by atoms with E-state index in [0.717, 1.165) is 13.0 Å². The second-order valence-electron chi connectivity index (χ2n) is 3.23. The molecule has 1 atom stereocenters. The number of ether oxygens (including phenoxy) is 1. The van der Waals surface area contributed by atoms with Gasteiger partial charge >= 0.3 is 0 Å². The normalized spacial score (nSPS) is 20.8. The predicted molar refractivity (Wildman–Crippen MR) is 50.0 cm³/mol. The molecule has 0 unspecified atom stereocenters. The first kappa shape index (κ1) is 8.38. The first-order valence-corrected chi connectivity index (χ1v) is 4.41. The van der Waals surface area contributed by atoms with Crippen LogP contribution in [-0.2, 0) is 0 Å². The third kappa shape index (κ3) is 1.47. The lowest BCUT2D eigenvalue weighted by molar-refractivity contribution is 0.362. The summed E-state index contributed by atoms with van der Waals surface area (Å²) in [6.07, 6.45) is 1.16. The molecule has 1 aliphatic heterocycles. The van der Waals surface area contributed by atoms with Crippen LogP contribution in [0.3, 0.4) is 0 Å². The molecule has 1 aromatic carbocycles. The summed E-state index contributed by atoms with van der Waals surface area (Å²) in [5.41, 5.74) is 1.18. The monoisotopic (exact) mass is 179 g/mol. The van der Waals surface area contributed by atoms with Crippen LogP contribution in [0.5, 0.6) is 11.5 Å². The van der Waals surface area contributed by atoms with E-state index in [1.807, 2.05) is 12.1 Å². The lowest BCUT2D eigenvalue weighted by Crippen LogP contribution is -2.34. The highest BCUT2D eigenvalue weighted by atomic mass is 16.5. The molecule has 13 heavy (non-hydrogen) atoms. The van der Waals surface area contributed by atoms with Gasteiger partial charge in [0.05, 0.1) is 7.11 Å². The molecule has 3 nitrogen and oxygen atoms in total. The van der Waals surface area contributed by atoms with E-state index in [0.29, 0.717) is 11.8 Å². The zero-order chi connectivity index (χ0) is 9.26. The van der Waals surface area contributed by atoms with Crippen molar-refractivity contribution in [3.63, 3.8) is 0 Å². The maximum atomic E-state index is 9.36. The smallest absolute Gasteiger partial charge is 0.160 e. The van der Waals surface area contributed by atoms with Gasteiger partial charge in [-0.2, -0.15) is 0 Å². The molecule has 0 bridgehead atoms. The third-order valence-electron chi connectivity index (χ3n) is 2.43. The van der Waals surface area contributed by atoms with Gasteiger partial charge in [-0.3, -0.25) is 0 Å². The number of aromatic hydroxyl groups is 1. The molecule has 0 aromatic heterocycles. The van der Waals surface area contributed by atoms with Gasteiger partial charge in [-0.1, -0.05) is 6.07 Å². The molecule has 0 aliphatic carbocycles. The molecule has 1 heterocycles. The quantitative estimate of drug-likeness (QED) is 0.721. The number of hydrogen-bond donors (Lipinski definition) is 2. The Morgan fingerprint density at radius 1 is 1.54 bits per heavy atom. The van der Waals surface area contributed by atoms with Crippen molar-refractivity contribution in [1.29, 1.82) is 0 Å². The first-order valence-electron chi connectivity index (χ1n) is 4.41. The van der Waals surface area contributed by atoms with E-state index >= 15 is 0 Å². The summed E-state index contributed by atoms with van der Waals surface area (Å²) >= 11 is 0. The van der Waals surface area contributed by atoms with Crippen molar-refractivity contribution in [2.75, 3.05) is 13.7 Å². The van der Waals surface area contributed by atoms with E-state index in [1.54, 1.807) is 13.2 Å². The average Bonchev–Trinajstić information content (AvgIpc) is 2.05. The van der Waals surface area contributed by atoms with Crippen molar-refractivity contribution in [2.24, 2.45) is 0 Å². The van der Waals surface area contributed by atoms with Crippen molar-refractivity contribution >= 4 is 0 Å². The molecule has 0 spiro atoms. The maximum Gasteiger partial charge on any atom is 0.160 e. The lowest BCUT2D eigenvalue weighted by Gasteiger charge is -2.28. The molecule has 0 radical (unpaired) electrons. The van der Waals surface area contributed by atoms with Gasteiger partial charge in [-0.05, 0) is 30.7 Å². The minimum atomic E-state index is 0.200. The van der Waals surface area contributed by atoms with E-state index in [1.165, 1.54) is 5.56 Å². The summed E-state index contributed by atoms with van der Waals surface area (Å²) < 4.78 is 5.03. The Bertz CT molecular complexity index is 308. The molecular formula is C10H13NO2. The highest BCUT2D eigenvalue weighted by molar-refractivity contribution is 5.43. The summed E-state index contributed by atoms with van der Waals surface area (Å²) in [6, 6.07) is 5.92. The number of rotatable bonds is 2. The van der Waals surface area contributed by atoms with Crippen LogP contribution in [0.4, 0.5) is 0 Å². The van der Waals surface area contributed by atoms with Crippen molar-refractivity contribution in [2.45, 2.75) is 12.5 Å². The lowest BCUT2D eigenvalue weighted by atomic mass is 9.98. The van der Waals surface area contributed by atoms with E-state index in [4.69, 9.17) is 4.74 Å².